The molecule has 0 aliphatic heterocycles. The number of halogens is 2. The van der Waals surface area contributed by atoms with Crippen molar-refractivity contribution in [3.05, 3.63) is 23.9 Å². The van der Waals surface area contributed by atoms with Gasteiger partial charge in [0.2, 0.25) is 5.91 Å². The van der Waals surface area contributed by atoms with Crippen LogP contribution < -0.4 is 11.1 Å². The summed E-state index contributed by atoms with van der Waals surface area (Å²) in [5.74, 6) is 0.720. The molecule has 1 saturated carbocycles. The summed E-state index contributed by atoms with van der Waals surface area (Å²) in [6.07, 6.45) is 5.55. The fourth-order valence-corrected chi connectivity index (χ4v) is 2.24. The van der Waals surface area contributed by atoms with Crippen LogP contribution >= 0.6 is 24.8 Å². The van der Waals surface area contributed by atoms with E-state index in [1.54, 1.807) is 6.20 Å². The fraction of sp³-hybridized carbons (Fsp3) is 0.538. The molecule has 2 atom stereocenters. The molecule has 0 bridgehead atoms. The van der Waals surface area contributed by atoms with E-state index >= 15 is 0 Å². The Bertz CT molecular complexity index is 397. The van der Waals surface area contributed by atoms with Crippen LogP contribution in [0.1, 0.15) is 31.2 Å². The summed E-state index contributed by atoms with van der Waals surface area (Å²) in [7, 11) is 0. The lowest BCUT2D eigenvalue weighted by Gasteiger charge is -2.25. The van der Waals surface area contributed by atoms with Crippen LogP contribution in [0.5, 0.6) is 0 Å². The molecule has 19 heavy (non-hydrogen) atoms. The largest absolute Gasteiger partial charge is 0.328 e. The molecule has 1 amide bonds. The van der Waals surface area contributed by atoms with Crippen LogP contribution in [0.15, 0.2) is 18.3 Å². The minimum atomic E-state index is 0. The number of hydrogen-bond acceptors (Lipinski definition) is 3. The summed E-state index contributed by atoms with van der Waals surface area (Å²) in [4.78, 5) is 16.2. The molecule has 1 aromatic rings. The molecule has 0 aromatic carbocycles. The van der Waals surface area contributed by atoms with Gasteiger partial charge in [0.25, 0.3) is 0 Å². The van der Waals surface area contributed by atoms with Crippen molar-refractivity contribution in [3.63, 3.8) is 0 Å². The number of carbonyl (C=O) groups is 1. The van der Waals surface area contributed by atoms with Crippen molar-refractivity contribution in [2.45, 2.75) is 38.6 Å². The summed E-state index contributed by atoms with van der Waals surface area (Å²) < 4.78 is 0. The molecule has 3 N–H and O–H groups in total. The first-order chi connectivity index (χ1) is 8.15. The van der Waals surface area contributed by atoms with Crippen molar-refractivity contribution < 1.29 is 4.79 Å². The Kier molecular flexibility index (Phi) is 7.99. The van der Waals surface area contributed by atoms with Gasteiger partial charge in [-0.25, -0.2) is 4.98 Å². The first-order valence-corrected chi connectivity index (χ1v) is 6.14. The minimum absolute atomic E-state index is 0. The van der Waals surface area contributed by atoms with E-state index in [2.05, 4.69) is 10.3 Å². The van der Waals surface area contributed by atoms with Gasteiger partial charge in [-0.1, -0.05) is 12.5 Å². The lowest BCUT2D eigenvalue weighted by molar-refractivity contribution is -0.120. The summed E-state index contributed by atoms with van der Waals surface area (Å²) in [5, 5.41) is 2.85. The van der Waals surface area contributed by atoms with Crippen molar-refractivity contribution in [2.75, 3.05) is 5.32 Å². The normalized spacial score (nSPS) is 21.8. The first-order valence-electron chi connectivity index (χ1n) is 6.14. The zero-order chi connectivity index (χ0) is 12.3. The van der Waals surface area contributed by atoms with Gasteiger partial charge in [0.05, 0.1) is 0 Å². The second-order valence-corrected chi connectivity index (χ2v) is 4.83. The molecule has 1 aliphatic carbocycles. The number of anilines is 1. The smallest absolute Gasteiger partial charge is 0.228 e. The van der Waals surface area contributed by atoms with Crippen LogP contribution in [0.25, 0.3) is 0 Å². The molecule has 1 heterocycles. The summed E-state index contributed by atoms with van der Waals surface area (Å²) >= 11 is 0. The quantitative estimate of drug-likeness (QED) is 0.882. The topological polar surface area (TPSA) is 68.0 Å². The van der Waals surface area contributed by atoms with E-state index in [0.717, 1.165) is 31.2 Å². The van der Waals surface area contributed by atoms with Crippen molar-refractivity contribution >= 4 is 36.5 Å². The van der Waals surface area contributed by atoms with E-state index in [9.17, 15) is 4.79 Å². The van der Waals surface area contributed by atoms with E-state index in [-0.39, 0.29) is 42.7 Å². The van der Waals surface area contributed by atoms with E-state index in [1.807, 2.05) is 19.1 Å². The van der Waals surface area contributed by atoms with Crippen molar-refractivity contribution in [2.24, 2.45) is 11.7 Å². The molecule has 1 fully saturated rings. The van der Waals surface area contributed by atoms with Gasteiger partial charge in [-0.05, 0) is 37.8 Å². The highest BCUT2D eigenvalue weighted by Gasteiger charge is 2.25. The molecule has 2 rings (SSSR count). The van der Waals surface area contributed by atoms with Crippen LogP contribution in [-0.4, -0.2) is 16.9 Å². The van der Waals surface area contributed by atoms with E-state index < -0.39 is 0 Å². The molecule has 4 nitrogen and oxygen atoms in total. The Hall–Kier alpha value is -0.840. The molecule has 108 valence electrons. The number of nitrogens with one attached hydrogen (secondary N) is 1. The maximum atomic E-state index is 12.0. The number of nitrogens with zero attached hydrogens (tertiary/aromatic N) is 1. The zero-order valence-corrected chi connectivity index (χ0v) is 12.6. The molecule has 1 aliphatic rings. The van der Waals surface area contributed by atoms with Gasteiger partial charge in [-0.15, -0.1) is 24.8 Å². The van der Waals surface area contributed by atoms with E-state index in [0.29, 0.717) is 5.82 Å². The second kappa shape index (κ2) is 8.35. The second-order valence-electron chi connectivity index (χ2n) is 4.83. The van der Waals surface area contributed by atoms with Crippen LogP contribution in [-0.2, 0) is 4.79 Å². The maximum absolute atomic E-state index is 12.0. The zero-order valence-electron chi connectivity index (χ0n) is 11.0. The molecule has 0 radical (unpaired) electrons. The monoisotopic (exact) mass is 305 g/mol. The van der Waals surface area contributed by atoms with E-state index in [1.165, 1.54) is 0 Å². The molecular weight excluding hydrogens is 285 g/mol. The van der Waals surface area contributed by atoms with Crippen molar-refractivity contribution in [1.29, 1.82) is 0 Å². The van der Waals surface area contributed by atoms with Gasteiger partial charge in [0, 0.05) is 18.2 Å². The predicted molar refractivity (Wildman–Crippen MR) is 82.0 cm³/mol. The molecule has 1 aromatic heterocycles. The average Bonchev–Trinajstić information content (AvgIpc) is 2.32. The molecule has 0 spiro atoms. The Balaban J connectivity index is 0.00000162. The van der Waals surface area contributed by atoms with Crippen molar-refractivity contribution in [3.8, 4) is 0 Å². The number of hydrogen-bond donors (Lipinski definition) is 2. The van der Waals surface area contributed by atoms with Gasteiger partial charge in [0.1, 0.15) is 5.82 Å². The molecule has 2 unspecified atom stereocenters. The third-order valence-corrected chi connectivity index (χ3v) is 3.25. The highest BCUT2D eigenvalue weighted by Crippen LogP contribution is 2.24. The predicted octanol–water partition coefficient (Wildman–Crippen LogP) is 2.69. The Morgan fingerprint density at radius 1 is 1.37 bits per heavy atom. The lowest BCUT2D eigenvalue weighted by atomic mass is 9.85. The summed E-state index contributed by atoms with van der Waals surface area (Å²) in [5.41, 5.74) is 6.97. The first kappa shape index (κ1) is 18.2. The maximum Gasteiger partial charge on any atom is 0.228 e. The Morgan fingerprint density at radius 2 is 2.11 bits per heavy atom. The molecule has 6 heteroatoms. The number of rotatable bonds is 2. The summed E-state index contributed by atoms with van der Waals surface area (Å²) in [6, 6.07) is 3.94. The Morgan fingerprint density at radius 3 is 2.68 bits per heavy atom. The van der Waals surface area contributed by atoms with Crippen LogP contribution in [0.2, 0.25) is 0 Å². The molecule has 0 saturated heterocycles. The fourth-order valence-electron chi connectivity index (χ4n) is 2.24. The third kappa shape index (κ3) is 5.35. The summed E-state index contributed by atoms with van der Waals surface area (Å²) in [6.45, 7) is 1.97. The third-order valence-electron chi connectivity index (χ3n) is 3.25. The van der Waals surface area contributed by atoms with Crippen LogP contribution in [0, 0.1) is 12.8 Å². The minimum Gasteiger partial charge on any atom is -0.328 e. The highest BCUT2D eigenvalue weighted by atomic mass is 35.5. The number of aromatic nitrogens is 1. The number of aryl methyl sites for hydroxylation is 1. The number of amides is 1. The SMILES string of the molecule is Cc1ccc(NC(=O)C2CCCC(N)C2)nc1.Cl.Cl. The van der Waals surface area contributed by atoms with Crippen LogP contribution in [0.3, 0.4) is 0 Å². The van der Waals surface area contributed by atoms with Gasteiger partial charge >= 0.3 is 0 Å². The lowest BCUT2D eigenvalue weighted by Crippen LogP contribution is -2.34. The highest BCUT2D eigenvalue weighted by molar-refractivity contribution is 5.91. The Labute approximate surface area is 126 Å². The van der Waals surface area contributed by atoms with Gasteiger partial charge in [-0.2, -0.15) is 0 Å². The van der Waals surface area contributed by atoms with Crippen LogP contribution in [0.4, 0.5) is 5.82 Å². The van der Waals surface area contributed by atoms with Gasteiger partial charge < -0.3 is 11.1 Å². The number of carbonyl (C=O) groups excluding carboxylic acids is 1. The molecular formula is C13H21Cl2N3O. The standard InChI is InChI=1S/C13H19N3O.2ClH/c1-9-5-6-12(15-8-9)16-13(17)10-3-2-4-11(14)7-10;;/h5-6,8,10-11H,2-4,7,14H2,1H3,(H,15,16,17);2*1H. The number of nitrogens with two attached hydrogens (primary N) is 1. The van der Waals surface area contributed by atoms with Gasteiger partial charge in [0.15, 0.2) is 0 Å². The van der Waals surface area contributed by atoms with Gasteiger partial charge in [-0.3, -0.25) is 4.79 Å². The van der Waals surface area contributed by atoms with Crippen molar-refractivity contribution in [1.82, 2.24) is 4.98 Å². The number of pyridine rings is 1. The van der Waals surface area contributed by atoms with E-state index in [4.69, 9.17) is 5.73 Å². The average molecular weight is 306 g/mol.